The fourth-order valence-electron chi connectivity index (χ4n) is 3.81. The first kappa shape index (κ1) is 26.2. The Hall–Kier alpha value is -3.92. The van der Waals surface area contributed by atoms with Gasteiger partial charge >= 0.3 is 5.97 Å². The van der Waals surface area contributed by atoms with E-state index in [1.54, 1.807) is 49.5 Å². The van der Waals surface area contributed by atoms with Crippen molar-refractivity contribution in [2.75, 3.05) is 20.3 Å². The molecule has 4 aromatic rings. The molecule has 0 fully saturated rings. The third-order valence-electron chi connectivity index (χ3n) is 5.58. The van der Waals surface area contributed by atoms with Crippen LogP contribution >= 0.6 is 11.3 Å². The van der Waals surface area contributed by atoms with Gasteiger partial charge in [0.05, 0.1) is 43.0 Å². The number of aromatic nitrogens is 2. The maximum atomic E-state index is 13.3. The van der Waals surface area contributed by atoms with E-state index in [0.717, 1.165) is 11.3 Å². The van der Waals surface area contributed by atoms with Gasteiger partial charge in [-0.25, -0.2) is 4.98 Å². The summed E-state index contributed by atoms with van der Waals surface area (Å²) in [5, 5.41) is 3.28. The number of pyridine rings is 1. The average molecular weight is 524 g/mol. The van der Waals surface area contributed by atoms with E-state index in [1.807, 2.05) is 13.8 Å². The van der Waals surface area contributed by atoms with Crippen LogP contribution in [0.5, 0.6) is 11.5 Å². The van der Waals surface area contributed by atoms with Crippen molar-refractivity contribution >= 4 is 39.1 Å². The summed E-state index contributed by atoms with van der Waals surface area (Å²) in [6, 6.07) is 11.4. The molecule has 37 heavy (non-hydrogen) atoms. The van der Waals surface area contributed by atoms with Gasteiger partial charge in [0.1, 0.15) is 10.5 Å². The van der Waals surface area contributed by atoms with E-state index in [2.05, 4.69) is 10.3 Å². The Morgan fingerprint density at radius 2 is 1.95 bits per heavy atom. The Morgan fingerprint density at radius 1 is 1.14 bits per heavy atom. The lowest BCUT2D eigenvalue weighted by Crippen LogP contribution is -2.30. The van der Waals surface area contributed by atoms with E-state index < -0.39 is 17.9 Å². The van der Waals surface area contributed by atoms with E-state index in [9.17, 15) is 14.4 Å². The molecule has 1 N–H and O–H groups in total. The largest absolute Gasteiger partial charge is 0.493 e. The number of nitrogens with zero attached hydrogens (tertiary/aromatic N) is 2. The van der Waals surface area contributed by atoms with Crippen LogP contribution in [0.15, 0.2) is 53.5 Å². The molecular formula is C27H29N3O6S. The summed E-state index contributed by atoms with van der Waals surface area (Å²) in [6.45, 7) is 6.57. The second-order valence-corrected chi connectivity index (χ2v) is 9.86. The number of nitrogens with one attached hydrogen (secondary N) is 1. The Morgan fingerprint density at radius 3 is 2.68 bits per heavy atom. The predicted octanol–water partition coefficient (Wildman–Crippen LogP) is 4.38. The molecule has 0 bridgehead atoms. The monoisotopic (exact) mass is 523 g/mol. The summed E-state index contributed by atoms with van der Waals surface area (Å²) in [5.41, 5.74) is 0.904. The average Bonchev–Trinajstić information content (AvgIpc) is 3.32. The molecule has 0 unspecified atom stereocenters. The Bertz CT molecular complexity index is 1490. The molecule has 0 radical (unpaired) electrons. The SMILES string of the molecule is CCOC(=O)C[C@@H](NC(=O)c1cc2c(=O)n3ccccc3nc2s1)c1ccc(OCC(C)C)c(OC)c1. The summed E-state index contributed by atoms with van der Waals surface area (Å²) in [7, 11) is 1.53. The van der Waals surface area contributed by atoms with Gasteiger partial charge in [-0.1, -0.05) is 26.0 Å². The van der Waals surface area contributed by atoms with Crippen molar-refractivity contribution in [3.8, 4) is 11.5 Å². The smallest absolute Gasteiger partial charge is 0.308 e. The molecule has 194 valence electrons. The molecule has 0 aliphatic rings. The van der Waals surface area contributed by atoms with Gasteiger partial charge < -0.3 is 19.5 Å². The minimum absolute atomic E-state index is 0.0787. The van der Waals surface area contributed by atoms with Gasteiger partial charge in [-0.2, -0.15) is 0 Å². The minimum atomic E-state index is -0.696. The molecule has 3 heterocycles. The minimum Gasteiger partial charge on any atom is -0.493 e. The Kier molecular flexibility index (Phi) is 8.08. The van der Waals surface area contributed by atoms with Gasteiger partial charge in [0, 0.05) is 6.20 Å². The molecule has 3 aromatic heterocycles. The van der Waals surface area contributed by atoms with Gasteiger partial charge in [-0.15, -0.1) is 11.3 Å². The highest BCUT2D eigenvalue weighted by Crippen LogP contribution is 2.32. The van der Waals surface area contributed by atoms with E-state index in [0.29, 0.717) is 50.3 Å². The third kappa shape index (κ3) is 5.91. The predicted molar refractivity (Wildman–Crippen MR) is 142 cm³/mol. The second-order valence-electron chi connectivity index (χ2n) is 8.83. The van der Waals surface area contributed by atoms with Crippen molar-refractivity contribution in [1.82, 2.24) is 14.7 Å². The zero-order chi connectivity index (χ0) is 26.5. The van der Waals surface area contributed by atoms with Gasteiger partial charge in [0.25, 0.3) is 11.5 Å². The zero-order valence-electron chi connectivity index (χ0n) is 21.1. The first-order valence-electron chi connectivity index (χ1n) is 12.0. The summed E-state index contributed by atoms with van der Waals surface area (Å²) < 4.78 is 17.9. The van der Waals surface area contributed by atoms with Crippen molar-refractivity contribution in [3.63, 3.8) is 0 Å². The van der Waals surface area contributed by atoms with Crippen LogP contribution in [0.4, 0.5) is 0 Å². The highest BCUT2D eigenvalue weighted by atomic mass is 32.1. The molecule has 0 aliphatic heterocycles. The lowest BCUT2D eigenvalue weighted by molar-refractivity contribution is -0.143. The van der Waals surface area contributed by atoms with Crippen molar-refractivity contribution in [2.45, 2.75) is 33.2 Å². The molecule has 0 saturated carbocycles. The molecular weight excluding hydrogens is 494 g/mol. The lowest BCUT2D eigenvalue weighted by Gasteiger charge is -2.20. The fourth-order valence-corrected chi connectivity index (χ4v) is 4.74. The number of thiophene rings is 1. The summed E-state index contributed by atoms with van der Waals surface area (Å²) in [4.78, 5) is 43.9. The molecule has 1 atom stereocenters. The van der Waals surface area contributed by atoms with Crippen LogP contribution in [0.1, 0.15) is 48.5 Å². The van der Waals surface area contributed by atoms with Gasteiger partial charge in [-0.3, -0.25) is 18.8 Å². The first-order chi connectivity index (χ1) is 17.8. The molecule has 0 aliphatic carbocycles. The first-order valence-corrected chi connectivity index (χ1v) is 12.8. The normalized spacial score (nSPS) is 12.0. The van der Waals surface area contributed by atoms with Crippen molar-refractivity contribution in [1.29, 1.82) is 0 Å². The molecule has 1 aromatic carbocycles. The van der Waals surface area contributed by atoms with Crippen LogP contribution in [0.3, 0.4) is 0 Å². The topological polar surface area (TPSA) is 108 Å². The number of carbonyl (C=O) groups excluding carboxylic acids is 2. The van der Waals surface area contributed by atoms with Gasteiger partial charge in [-0.05, 0) is 48.7 Å². The number of hydrogen-bond acceptors (Lipinski definition) is 8. The van der Waals surface area contributed by atoms with Crippen LogP contribution in [-0.2, 0) is 9.53 Å². The van der Waals surface area contributed by atoms with Crippen molar-refractivity contribution in [2.24, 2.45) is 5.92 Å². The Labute approximate surface area is 218 Å². The number of hydrogen-bond donors (Lipinski definition) is 1. The molecule has 10 heteroatoms. The second kappa shape index (κ2) is 11.4. The number of amides is 1. The summed E-state index contributed by atoms with van der Waals surface area (Å²) >= 11 is 1.12. The maximum absolute atomic E-state index is 13.3. The Balaban J connectivity index is 1.65. The van der Waals surface area contributed by atoms with Gasteiger partial charge in [0.15, 0.2) is 11.5 Å². The molecule has 9 nitrogen and oxygen atoms in total. The maximum Gasteiger partial charge on any atom is 0.308 e. The summed E-state index contributed by atoms with van der Waals surface area (Å²) in [5.74, 6) is 0.525. The lowest BCUT2D eigenvalue weighted by atomic mass is 10.0. The van der Waals surface area contributed by atoms with E-state index in [1.165, 1.54) is 17.6 Å². The van der Waals surface area contributed by atoms with E-state index >= 15 is 0 Å². The number of methoxy groups -OCH3 is 1. The third-order valence-corrected chi connectivity index (χ3v) is 6.61. The molecule has 4 rings (SSSR count). The van der Waals surface area contributed by atoms with E-state index in [-0.39, 0.29) is 18.6 Å². The van der Waals surface area contributed by atoms with Crippen molar-refractivity contribution < 1.29 is 23.8 Å². The summed E-state index contributed by atoms with van der Waals surface area (Å²) in [6.07, 6.45) is 1.56. The van der Waals surface area contributed by atoms with Crippen LogP contribution < -0.4 is 20.3 Å². The number of carbonyl (C=O) groups is 2. The molecule has 0 spiro atoms. The van der Waals surface area contributed by atoms with Gasteiger partial charge in [0.2, 0.25) is 0 Å². The number of fused-ring (bicyclic) bond motifs is 2. The van der Waals surface area contributed by atoms with Crippen LogP contribution in [0, 0.1) is 5.92 Å². The van der Waals surface area contributed by atoms with Crippen molar-refractivity contribution in [3.05, 3.63) is 69.5 Å². The van der Waals surface area contributed by atoms with Crippen LogP contribution in [0.25, 0.3) is 15.9 Å². The molecule has 1 amide bonds. The number of ether oxygens (including phenoxy) is 3. The standard InChI is InChI=1S/C27H29N3O6S/c1-5-35-24(31)14-19(17-9-10-20(21(12-17)34-4)36-15-16(2)3)28-25(32)22-13-18-26(37-22)29-23-8-6-7-11-30(23)27(18)33/h6-13,16,19H,5,14-15H2,1-4H3,(H,28,32)/t19-/m1/s1. The highest BCUT2D eigenvalue weighted by Gasteiger charge is 2.23. The quantitative estimate of drug-likeness (QED) is 0.307. The zero-order valence-corrected chi connectivity index (χ0v) is 22.0. The van der Waals surface area contributed by atoms with Crippen LogP contribution in [0.2, 0.25) is 0 Å². The fraction of sp³-hybridized carbons (Fsp3) is 0.333. The highest BCUT2D eigenvalue weighted by molar-refractivity contribution is 7.20. The number of esters is 1. The number of rotatable bonds is 10. The molecule has 0 saturated heterocycles. The van der Waals surface area contributed by atoms with E-state index in [4.69, 9.17) is 14.2 Å². The van der Waals surface area contributed by atoms with Crippen LogP contribution in [-0.4, -0.2) is 41.6 Å². The number of benzene rings is 1.